The van der Waals surface area contributed by atoms with Crippen molar-refractivity contribution in [2.45, 2.75) is 31.2 Å². The van der Waals surface area contributed by atoms with E-state index in [2.05, 4.69) is 10.2 Å². The molecule has 2 aliphatic carbocycles. The normalized spacial score (nSPS) is 26.0. The van der Waals surface area contributed by atoms with Crippen LogP contribution in [0, 0.1) is 23.6 Å². The summed E-state index contributed by atoms with van der Waals surface area (Å²) in [6.07, 6.45) is -3.50. The van der Waals surface area contributed by atoms with Gasteiger partial charge >= 0.3 is 6.18 Å². The van der Waals surface area contributed by atoms with E-state index in [-0.39, 0.29) is 35.8 Å². The van der Waals surface area contributed by atoms with Crippen LogP contribution in [0.25, 0.3) is 0 Å². The fraction of sp³-hybridized carbons (Fsp3) is 0.458. The zero-order chi connectivity index (χ0) is 22.7. The van der Waals surface area contributed by atoms with Gasteiger partial charge in [0.05, 0.1) is 11.2 Å². The first-order valence-corrected chi connectivity index (χ1v) is 10.8. The minimum atomic E-state index is -4.77. The number of β-amino-alcohol motifs (C(OH)–C–C–N with tert-alkyl or cyclic N) is 1. The molecule has 5 rings (SSSR count). The quantitative estimate of drug-likeness (QED) is 0.691. The number of benzene rings is 2. The van der Waals surface area contributed by atoms with Crippen molar-refractivity contribution in [3.63, 3.8) is 0 Å². The minimum Gasteiger partial charge on any atom is -0.388 e. The summed E-state index contributed by atoms with van der Waals surface area (Å²) < 4.78 is 52.0. The number of carbonyl (C=O) groups excluding carboxylic acids is 1. The Morgan fingerprint density at radius 2 is 1.72 bits per heavy atom. The molecule has 1 saturated heterocycles. The number of hydrogen-bond acceptors (Lipinski definition) is 3. The van der Waals surface area contributed by atoms with Gasteiger partial charge in [0.1, 0.15) is 5.82 Å². The molecule has 170 valence electrons. The molecule has 2 fully saturated rings. The standard InChI is InChI=1S/C24H24F4N2O2/c25-20-6-5-14(7-19(20)24(26,27)28)10-29-22(31)21-17-11-30(12-18(17)21)13-23(32)8-15-3-1-2-4-16(15)9-23/h1-7,17-18,21,32H,8-13H2,(H,29,31). The third-order valence-electron chi connectivity index (χ3n) is 7.05. The van der Waals surface area contributed by atoms with E-state index in [9.17, 15) is 27.5 Å². The molecule has 1 amide bonds. The van der Waals surface area contributed by atoms with E-state index in [1.807, 2.05) is 24.3 Å². The molecule has 3 aliphatic rings. The van der Waals surface area contributed by atoms with Gasteiger partial charge < -0.3 is 10.4 Å². The van der Waals surface area contributed by atoms with E-state index in [1.165, 1.54) is 17.2 Å². The molecule has 2 aromatic carbocycles. The summed E-state index contributed by atoms with van der Waals surface area (Å²) in [5.74, 6) is -1.23. The van der Waals surface area contributed by atoms with Crippen molar-refractivity contribution in [2.75, 3.05) is 19.6 Å². The van der Waals surface area contributed by atoms with Crippen LogP contribution in [0.5, 0.6) is 0 Å². The SMILES string of the molecule is O=C(NCc1ccc(F)c(C(F)(F)F)c1)C1C2CN(CC3(O)Cc4ccccc4C3)CC21. The fourth-order valence-electron chi connectivity index (χ4n) is 5.54. The van der Waals surface area contributed by atoms with Crippen molar-refractivity contribution in [2.24, 2.45) is 17.8 Å². The number of piperidine rings is 1. The van der Waals surface area contributed by atoms with Crippen molar-refractivity contribution in [3.8, 4) is 0 Å². The summed E-state index contributed by atoms with van der Waals surface area (Å²) in [4.78, 5) is 14.7. The lowest BCUT2D eigenvalue weighted by Gasteiger charge is -2.30. The van der Waals surface area contributed by atoms with Crippen molar-refractivity contribution >= 4 is 5.91 Å². The Bertz CT molecular complexity index is 1020. The van der Waals surface area contributed by atoms with Crippen molar-refractivity contribution < 1.29 is 27.5 Å². The van der Waals surface area contributed by atoms with Gasteiger partial charge in [0.25, 0.3) is 0 Å². The van der Waals surface area contributed by atoms with Gasteiger partial charge in [-0.2, -0.15) is 13.2 Å². The summed E-state index contributed by atoms with van der Waals surface area (Å²) >= 11 is 0. The minimum absolute atomic E-state index is 0.0696. The topological polar surface area (TPSA) is 52.6 Å². The molecule has 0 bridgehead atoms. The Balaban J connectivity index is 1.12. The largest absolute Gasteiger partial charge is 0.419 e. The third kappa shape index (κ3) is 4.01. The number of carbonyl (C=O) groups is 1. The second-order valence-electron chi connectivity index (χ2n) is 9.42. The molecule has 2 aromatic rings. The first kappa shape index (κ1) is 21.4. The number of nitrogens with one attached hydrogen (secondary N) is 1. The van der Waals surface area contributed by atoms with E-state index in [1.54, 1.807) is 0 Å². The molecule has 2 atom stereocenters. The molecule has 1 heterocycles. The Morgan fingerprint density at radius 3 is 2.31 bits per heavy atom. The monoisotopic (exact) mass is 448 g/mol. The Morgan fingerprint density at radius 1 is 1.09 bits per heavy atom. The van der Waals surface area contributed by atoms with Gasteiger partial charge in [-0.25, -0.2) is 4.39 Å². The molecule has 2 N–H and O–H groups in total. The average molecular weight is 448 g/mol. The van der Waals surface area contributed by atoms with Crippen LogP contribution in [0.1, 0.15) is 22.3 Å². The number of likely N-dealkylation sites (tertiary alicyclic amines) is 1. The highest BCUT2D eigenvalue weighted by atomic mass is 19.4. The number of aliphatic hydroxyl groups is 1. The van der Waals surface area contributed by atoms with E-state index in [0.29, 0.717) is 19.4 Å². The maximum atomic E-state index is 13.4. The van der Waals surface area contributed by atoms with Crippen molar-refractivity contribution in [3.05, 3.63) is 70.5 Å². The molecular weight excluding hydrogens is 424 g/mol. The fourth-order valence-corrected chi connectivity index (χ4v) is 5.54. The molecule has 0 aromatic heterocycles. The zero-order valence-corrected chi connectivity index (χ0v) is 17.3. The second-order valence-corrected chi connectivity index (χ2v) is 9.42. The Hall–Kier alpha value is -2.45. The van der Waals surface area contributed by atoms with Crippen LogP contribution in [-0.2, 0) is 30.4 Å². The average Bonchev–Trinajstić information content (AvgIpc) is 3.05. The van der Waals surface area contributed by atoms with Crippen molar-refractivity contribution in [1.29, 1.82) is 0 Å². The number of rotatable bonds is 5. The number of nitrogens with zero attached hydrogens (tertiary/aromatic N) is 1. The summed E-state index contributed by atoms with van der Waals surface area (Å²) in [5, 5.41) is 13.7. The van der Waals surface area contributed by atoms with Gasteiger partial charge in [0.2, 0.25) is 5.91 Å². The number of fused-ring (bicyclic) bond motifs is 2. The molecule has 1 saturated carbocycles. The van der Waals surface area contributed by atoms with Crippen LogP contribution in [0.2, 0.25) is 0 Å². The number of alkyl halides is 3. The predicted octanol–water partition coefficient (Wildman–Crippen LogP) is 3.17. The van der Waals surface area contributed by atoms with E-state index < -0.39 is 23.2 Å². The molecule has 4 nitrogen and oxygen atoms in total. The lowest BCUT2D eigenvalue weighted by molar-refractivity contribution is -0.140. The highest BCUT2D eigenvalue weighted by molar-refractivity contribution is 5.82. The van der Waals surface area contributed by atoms with Crippen LogP contribution in [0.4, 0.5) is 17.6 Å². The zero-order valence-electron chi connectivity index (χ0n) is 17.3. The Kier molecular flexibility index (Phi) is 5.05. The van der Waals surface area contributed by atoms with Crippen LogP contribution in [0.3, 0.4) is 0 Å². The van der Waals surface area contributed by atoms with Crippen molar-refractivity contribution in [1.82, 2.24) is 10.2 Å². The van der Waals surface area contributed by atoms with Gasteiger partial charge in [-0.15, -0.1) is 0 Å². The second kappa shape index (κ2) is 7.56. The number of halogens is 4. The summed E-state index contributed by atoms with van der Waals surface area (Å²) in [6, 6.07) is 10.8. The first-order chi connectivity index (χ1) is 15.1. The third-order valence-corrected chi connectivity index (χ3v) is 7.05. The van der Waals surface area contributed by atoms with Gasteiger partial charge in [-0.1, -0.05) is 30.3 Å². The van der Waals surface area contributed by atoms with Crippen LogP contribution >= 0.6 is 0 Å². The maximum Gasteiger partial charge on any atom is 0.419 e. The van der Waals surface area contributed by atoms with Gasteiger partial charge in [0, 0.05) is 44.9 Å². The summed E-state index contributed by atoms with van der Waals surface area (Å²) in [6.45, 7) is 1.96. The molecule has 0 spiro atoms. The smallest absolute Gasteiger partial charge is 0.388 e. The maximum absolute atomic E-state index is 13.4. The number of hydrogen-bond donors (Lipinski definition) is 2. The van der Waals surface area contributed by atoms with E-state index >= 15 is 0 Å². The molecular formula is C24H24F4N2O2. The van der Waals surface area contributed by atoms with Gasteiger partial charge in [0.15, 0.2) is 0 Å². The molecule has 0 radical (unpaired) electrons. The number of amides is 1. The predicted molar refractivity (Wildman–Crippen MR) is 109 cm³/mol. The van der Waals surface area contributed by atoms with E-state index in [4.69, 9.17) is 0 Å². The summed E-state index contributed by atoms with van der Waals surface area (Å²) in [5.41, 5.74) is 0.478. The lowest BCUT2D eigenvalue weighted by atomic mass is 9.99. The van der Waals surface area contributed by atoms with Crippen LogP contribution in [-0.4, -0.2) is 41.1 Å². The summed E-state index contributed by atoms with van der Waals surface area (Å²) in [7, 11) is 0. The van der Waals surface area contributed by atoms with Gasteiger partial charge in [-0.05, 0) is 40.7 Å². The lowest BCUT2D eigenvalue weighted by Crippen LogP contribution is -2.44. The Labute approximate surface area is 183 Å². The van der Waals surface area contributed by atoms with Crippen LogP contribution < -0.4 is 5.32 Å². The molecule has 2 unspecified atom stereocenters. The molecule has 32 heavy (non-hydrogen) atoms. The highest BCUT2D eigenvalue weighted by Gasteiger charge is 2.59. The molecule has 1 aliphatic heterocycles. The van der Waals surface area contributed by atoms with Crippen LogP contribution in [0.15, 0.2) is 42.5 Å². The van der Waals surface area contributed by atoms with Gasteiger partial charge in [-0.3, -0.25) is 9.69 Å². The van der Waals surface area contributed by atoms with E-state index in [0.717, 1.165) is 25.2 Å². The molecule has 8 heteroatoms. The highest BCUT2D eigenvalue weighted by Crippen LogP contribution is 2.52. The first-order valence-electron chi connectivity index (χ1n) is 10.8.